The fourth-order valence-electron chi connectivity index (χ4n) is 2.05. The molecule has 0 bridgehead atoms. The van der Waals surface area contributed by atoms with Gasteiger partial charge in [0.25, 0.3) is 5.91 Å². The third-order valence-corrected chi connectivity index (χ3v) is 3.04. The summed E-state index contributed by atoms with van der Waals surface area (Å²) in [6.45, 7) is 0. The predicted molar refractivity (Wildman–Crippen MR) is 71.6 cm³/mol. The lowest BCUT2D eigenvalue weighted by Crippen LogP contribution is -2.40. The van der Waals surface area contributed by atoms with Crippen LogP contribution in [0.15, 0.2) is 54.6 Å². The molecule has 1 amide bonds. The summed E-state index contributed by atoms with van der Waals surface area (Å²) >= 11 is 0. The summed E-state index contributed by atoms with van der Waals surface area (Å²) in [7, 11) is 0. The van der Waals surface area contributed by atoms with Crippen molar-refractivity contribution in [2.45, 2.75) is 6.23 Å². The van der Waals surface area contributed by atoms with Gasteiger partial charge in [-0.3, -0.25) is 10.2 Å². The fourth-order valence-corrected chi connectivity index (χ4v) is 2.05. The third-order valence-electron chi connectivity index (χ3n) is 3.04. The first-order valence-electron chi connectivity index (χ1n) is 6.16. The summed E-state index contributed by atoms with van der Waals surface area (Å²) in [6, 6.07) is 15.8. The second kappa shape index (κ2) is 5.14. The highest BCUT2D eigenvalue weighted by molar-refractivity contribution is 5.95. The highest BCUT2D eigenvalue weighted by Crippen LogP contribution is 2.27. The van der Waals surface area contributed by atoms with Gasteiger partial charge in [0.1, 0.15) is 0 Å². The molecule has 0 saturated heterocycles. The second-order valence-corrected chi connectivity index (χ2v) is 4.34. The molecule has 2 aromatic carbocycles. The molecule has 1 aliphatic rings. The van der Waals surface area contributed by atoms with Crippen molar-refractivity contribution in [1.82, 2.24) is 10.9 Å². The molecule has 0 radical (unpaired) electrons. The molecule has 5 nitrogen and oxygen atoms in total. The Morgan fingerprint density at radius 1 is 1.00 bits per heavy atom. The van der Waals surface area contributed by atoms with Crippen LogP contribution in [-0.4, -0.2) is 11.9 Å². The van der Waals surface area contributed by atoms with Crippen molar-refractivity contribution in [3.05, 3.63) is 71.3 Å². The number of carbonyl (C=O) groups is 2. The Balaban J connectivity index is 1.69. The molecule has 3 rings (SSSR count). The molecule has 5 heteroatoms. The van der Waals surface area contributed by atoms with Crippen molar-refractivity contribution < 1.29 is 14.3 Å². The van der Waals surface area contributed by atoms with E-state index in [9.17, 15) is 9.59 Å². The predicted octanol–water partition coefficient (Wildman–Crippen LogP) is 1.79. The van der Waals surface area contributed by atoms with Gasteiger partial charge in [0.05, 0.1) is 5.56 Å². The number of hydrogen-bond acceptors (Lipinski definition) is 4. The summed E-state index contributed by atoms with van der Waals surface area (Å²) in [5.74, 6) is -0.682. The summed E-state index contributed by atoms with van der Waals surface area (Å²) in [5, 5.41) is 0. The van der Waals surface area contributed by atoms with Gasteiger partial charge in [-0.05, 0) is 18.2 Å². The molecular weight excluding hydrogens is 256 g/mol. The van der Waals surface area contributed by atoms with Crippen LogP contribution in [0.3, 0.4) is 0 Å². The number of amides is 1. The van der Waals surface area contributed by atoms with E-state index in [1.165, 1.54) is 0 Å². The van der Waals surface area contributed by atoms with E-state index in [-0.39, 0.29) is 5.91 Å². The molecule has 1 atom stereocenters. The Bertz CT molecular complexity index is 655. The van der Waals surface area contributed by atoms with Gasteiger partial charge >= 0.3 is 5.97 Å². The number of fused-ring (bicyclic) bond motifs is 1. The van der Waals surface area contributed by atoms with E-state index >= 15 is 0 Å². The van der Waals surface area contributed by atoms with Gasteiger partial charge in [0, 0.05) is 11.1 Å². The number of nitrogens with one attached hydrogen (secondary N) is 2. The molecule has 0 aliphatic carbocycles. The van der Waals surface area contributed by atoms with E-state index in [0.29, 0.717) is 16.7 Å². The van der Waals surface area contributed by atoms with Gasteiger partial charge in [-0.25, -0.2) is 4.79 Å². The van der Waals surface area contributed by atoms with Crippen LogP contribution in [0.2, 0.25) is 0 Å². The highest BCUT2D eigenvalue weighted by Gasteiger charge is 2.30. The summed E-state index contributed by atoms with van der Waals surface area (Å²) in [4.78, 5) is 23.5. The molecule has 1 heterocycles. The molecule has 0 unspecified atom stereocenters. The Hall–Kier alpha value is -2.66. The maximum absolute atomic E-state index is 11.9. The van der Waals surface area contributed by atoms with Crippen molar-refractivity contribution in [2.75, 3.05) is 0 Å². The first-order valence-corrected chi connectivity index (χ1v) is 6.16. The molecule has 0 aromatic heterocycles. The average Bonchev–Trinajstić information content (AvgIpc) is 2.83. The summed E-state index contributed by atoms with van der Waals surface area (Å²) < 4.78 is 5.15. The zero-order chi connectivity index (χ0) is 13.9. The van der Waals surface area contributed by atoms with E-state index in [4.69, 9.17) is 4.74 Å². The minimum Gasteiger partial charge on any atom is -0.437 e. The van der Waals surface area contributed by atoms with E-state index in [1.54, 1.807) is 42.5 Å². The SMILES string of the molecule is O=C(NN[C@@H]1OC(=O)c2ccccc21)c1ccccc1. The topological polar surface area (TPSA) is 67.4 Å². The highest BCUT2D eigenvalue weighted by atomic mass is 16.6. The van der Waals surface area contributed by atoms with Crippen LogP contribution in [0.25, 0.3) is 0 Å². The van der Waals surface area contributed by atoms with Crippen LogP contribution in [0.5, 0.6) is 0 Å². The van der Waals surface area contributed by atoms with Crippen LogP contribution in [-0.2, 0) is 4.74 Å². The van der Waals surface area contributed by atoms with Gasteiger partial charge in [0.15, 0.2) is 6.23 Å². The van der Waals surface area contributed by atoms with Crippen LogP contribution in [0, 0.1) is 0 Å². The first-order chi connectivity index (χ1) is 9.75. The summed E-state index contributed by atoms with van der Waals surface area (Å²) in [6.07, 6.45) is -0.661. The van der Waals surface area contributed by atoms with Crippen LogP contribution in [0.1, 0.15) is 32.5 Å². The van der Waals surface area contributed by atoms with Crippen LogP contribution in [0.4, 0.5) is 0 Å². The minimum absolute atomic E-state index is 0.286. The Morgan fingerprint density at radius 3 is 2.50 bits per heavy atom. The smallest absolute Gasteiger partial charge is 0.340 e. The minimum atomic E-state index is -0.661. The van der Waals surface area contributed by atoms with Gasteiger partial charge in [-0.1, -0.05) is 36.4 Å². The normalized spacial score (nSPS) is 16.4. The molecular formula is C15H12N2O3. The van der Waals surface area contributed by atoms with Gasteiger partial charge in [0.2, 0.25) is 0 Å². The molecule has 100 valence electrons. The number of rotatable bonds is 3. The molecule has 1 aliphatic heterocycles. The largest absolute Gasteiger partial charge is 0.437 e. The van der Waals surface area contributed by atoms with Gasteiger partial charge < -0.3 is 4.74 Å². The number of hydrazine groups is 1. The maximum atomic E-state index is 11.9. The van der Waals surface area contributed by atoms with E-state index in [2.05, 4.69) is 10.9 Å². The Labute approximate surface area is 115 Å². The van der Waals surface area contributed by atoms with Crippen molar-refractivity contribution in [3.8, 4) is 0 Å². The standard InChI is InChI=1S/C15H12N2O3/c18-13(10-6-2-1-3-7-10)16-17-14-11-8-4-5-9-12(11)15(19)20-14/h1-9,14,17H,(H,16,18)/t14-/m1/s1. The van der Waals surface area contributed by atoms with Crippen LogP contribution < -0.4 is 10.9 Å². The zero-order valence-electron chi connectivity index (χ0n) is 10.5. The lowest BCUT2D eigenvalue weighted by atomic mass is 10.1. The number of esters is 1. The summed E-state index contributed by atoms with van der Waals surface area (Å²) in [5.41, 5.74) is 7.01. The fraction of sp³-hybridized carbons (Fsp3) is 0.0667. The van der Waals surface area contributed by atoms with E-state index in [1.807, 2.05) is 12.1 Å². The van der Waals surface area contributed by atoms with Crippen molar-refractivity contribution >= 4 is 11.9 Å². The third kappa shape index (κ3) is 2.26. The van der Waals surface area contributed by atoms with E-state index < -0.39 is 12.2 Å². The lowest BCUT2D eigenvalue weighted by Gasteiger charge is -2.13. The van der Waals surface area contributed by atoms with Crippen LogP contribution >= 0.6 is 0 Å². The van der Waals surface area contributed by atoms with Gasteiger partial charge in [-0.2, -0.15) is 5.43 Å². The molecule has 20 heavy (non-hydrogen) atoms. The van der Waals surface area contributed by atoms with Crippen molar-refractivity contribution in [1.29, 1.82) is 0 Å². The number of benzene rings is 2. The Kier molecular flexibility index (Phi) is 3.18. The van der Waals surface area contributed by atoms with Crippen molar-refractivity contribution in [2.24, 2.45) is 0 Å². The van der Waals surface area contributed by atoms with Crippen molar-refractivity contribution in [3.63, 3.8) is 0 Å². The average molecular weight is 268 g/mol. The Morgan fingerprint density at radius 2 is 1.70 bits per heavy atom. The first kappa shape index (κ1) is 12.4. The lowest BCUT2D eigenvalue weighted by molar-refractivity contribution is 0.0261. The molecule has 0 saturated carbocycles. The monoisotopic (exact) mass is 268 g/mol. The molecule has 2 N–H and O–H groups in total. The quantitative estimate of drug-likeness (QED) is 0.658. The number of carbonyl (C=O) groups excluding carboxylic acids is 2. The molecule has 0 fully saturated rings. The zero-order valence-corrected chi connectivity index (χ0v) is 10.5. The second-order valence-electron chi connectivity index (χ2n) is 4.34. The number of hydrogen-bond donors (Lipinski definition) is 2. The molecule has 2 aromatic rings. The van der Waals surface area contributed by atoms with Gasteiger partial charge in [-0.15, -0.1) is 0 Å². The maximum Gasteiger partial charge on any atom is 0.340 e. The molecule has 0 spiro atoms. The number of ether oxygens (including phenoxy) is 1. The van der Waals surface area contributed by atoms with E-state index in [0.717, 1.165) is 0 Å². The number of cyclic esters (lactones) is 1.